The number of H-pyrrole nitrogens is 1. The van der Waals surface area contributed by atoms with Crippen LogP contribution in [-0.4, -0.2) is 22.6 Å². The normalized spacial score (nSPS) is 11.8. The molecule has 198 valence electrons. The Hall–Kier alpha value is -4.04. The van der Waals surface area contributed by atoms with Crippen molar-refractivity contribution in [3.63, 3.8) is 0 Å². The predicted octanol–water partition coefficient (Wildman–Crippen LogP) is 7.26. The number of benzene rings is 4. The number of carbonyl (C=O) groups is 1. The van der Waals surface area contributed by atoms with Crippen molar-refractivity contribution in [2.75, 3.05) is 17.2 Å². The van der Waals surface area contributed by atoms with Crippen LogP contribution in [0.15, 0.2) is 91.0 Å². The number of halogens is 2. The van der Waals surface area contributed by atoms with E-state index < -0.39 is 5.92 Å². The molecule has 39 heavy (non-hydrogen) atoms. The number of carbonyl (C=O) groups excluding carboxylic acids is 1. The van der Waals surface area contributed by atoms with Gasteiger partial charge in [0.05, 0.1) is 21.5 Å². The average molecular weight is 560 g/mol. The van der Waals surface area contributed by atoms with Crippen molar-refractivity contribution in [2.45, 2.75) is 18.9 Å². The van der Waals surface area contributed by atoms with E-state index in [1.54, 1.807) is 18.2 Å². The first-order valence-electron chi connectivity index (χ1n) is 12.5. The Labute approximate surface area is 236 Å². The molecule has 5 aromatic rings. The van der Waals surface area contributed by atoms with Gasteiger partial charge >= 0.3 is 0 Å². The number of rotatable bonds is 10. The second kappa shape index (κ2) is 12.2. The minimum Gasteiger partial charge on any atom is -0.489 e. The molecule has 0 aliphatic rings. The standard InChI is InChI=1S/C30H27Cl2N5O2/c31-26-11-9-20(15-27(26)32)24(13-14-33)30(38)35-22-10-12-28-25(17-22)29(37-36-28)34-21-7-4-8-23(16-21)39-18-19-5-2-1-3-6-19/h1-12,15-17,24H,13-14,18,33H2,(H,35,38)(H2,34,36,37). The molecular weight excluding hydrogens is 533 g/mol. The lowest BCUT2D eigenvalue weighted by atomic mass is 9.94. The molecule has 5 N–H and O–H groups in total. The zero-order valence-corrected chi connectivity index (χ0v) is 22.5. The number of hydrogen-bond donors (Lipinski definition) is 4. The highest BCUT2D eigenvalue weighted by Crippen LogP contribution is 2.31. The third-order valence-electron chi connectivity index (χ3n) is 6.29. The average Bonchev–Trinajstić information content (AvgIpc) is 3.34. The molecule has 4 aromatic carbocycles. The minimum atomic E-state index is -0.471. The molecule has 0 radical (unpaired) electrons. The lowest BCUT2D eigenvalue weighted by Crippen LogP contribution is -2.23. The van der Waals surface area contributed by atoms with Crippen LogP contribution in [0.25, 0.3) is 10.9 Å². The van der Waals surface area contributed by atoms with Gasteiger partial charge in [0.2, 0.25) is 5.91 Å². The van der Waals surface area contributed by atoms with Crippen LogP contribution in [-0.2, 0) is 11.4 Å². The van der Waals surface area contributed by atoms with Crippen LogP contribution < -0.4 is 21.1 Å². The molecule has 0 fully saturated rings. The summed E-state index contributed by atoms with van der Waals surface area (Å²) in [5.41, 5.74) is 9.95. The molecular formula is C30H27Cl2N5O2. The maximum atomic E-state index is 13.3. The van der Waals surface area contributed by atoms with Crippen LogP contribution in [0.1, 0.15) is 23.5 Å². The number of nitrogens with zero attached hydrogens (tertiary/aromatic N) is 1. The van der Waals surface area contributed by atoms with Crippen molar-refractivity contribution >= 4 is 57.2 Å². The highest BCUT2D eigenvalue weighted by molar-refractivity contribution is 6.42. The zero-order chi connectivity index (χ0) is 27.2. The van der Waals surface area contributed by atoms with E-state index in [0.717, 1.165) is 33.5 Å². The van der Waals surface area contributed by atoms with Crippen LogP contribution in [0, 0.1) is 0 Å². The number of hydrogen-bond acceptors (Lipinski definition) is 5. The fourth-order valence-corrected chi connectivity index (χ4v) is 4.61. The Morgan fingerprint density at radius 2 is 1.77 bits per heavy atom. The van der Waals surface area contributed by atoms with Gasteiger partial charge in [0.25, 0.3) is 0 Å². The first-order chi connectivity index (χ1) is 19.0. The van der Waals surface area contributed by atoms with Gasteiger partial charge in [-0.1, -0.05) is 65.7 Å². The third kappa shape index (κ3) is 6.52. The molecule has 0 bridgehead atoms. The summed E-state index contributed by atoms with van der Waals surface area (Å²) in [4.78, 5) is 13.3. The fraction of sp³-hybridized carbons (Fsp3) is 0.133. The highest BCUT2D eigenvalue weighted by atomic mass is 35.5. The summed E-state index contributed by atoms with van der Waals surface area (Å²) in [5, 5.41) is 15.5. The van der Waals surface area contributed by atoms with E-state index in [1.165, 1.54) is 0 Å². The molecule has 0 saturated carbocycles. The molecule has 1 atom stereocenters. The Morgan fingerprint density at radius 3 is 2.56 bits per heavy atom. The molecule has 0 saturated heterocycles. The van der Waals surface area contributed by atoms with Crippen LogP contribution in [0.4, 0.5) is 17.2 Å². The zero-order valence-electron chi connectivity index (χ0n) is 21.0. The van der Waals surface area contributed by atoms with Crippen LogP contribution >= 0.6 is 23.2 Å². The summed E-state index contributed by atoms with van der Waals surface area (Å²) in [6, 6.07) is 28.5. The predicted molar refractivity (Wildman–Crippen MR) is 158 cm³/mol. The number of aromatic amines is 1. The quantitative estimate of drug-likeness (QED) is 0.144. The summed E-state index contributed by atoms with van der Waals surface area (Å²) < 4.78 is 5.95. The number of fused-ring (bicyclic) bond motifs is 1. The first-order valence-corrected chi connectivity index (χ1v) is 13.2. The summed E-state index contributed by atoms with van der Waals surface area (Å²) in [7, 11) is 0. The van der Waals surface area contributed by atoms with Gasteiger partial charge in [-0.2, -0.15) is 5.10 Å². The van der Waals surface area contributed by atoms with Crippen LogP contribution in [0.5, 0.6) is 5.75 Å². The maximum absolute atomic E-state index is 13.3. The molecule has 1 aromatic heterocycles. The van der Waals surface area contributed by atoms with Gasteiger partial charge in [-0.15, -0.1) is 0 Å². The van der Waals surface area contributed by atoms with Gasteiger partial charge in [-0.25, -0.2) is 0 Å². The summed E-state index contributed by atoms with van der Waals surface area (Å²) >= 11 is 12.3. The van der Waals surface area contributed by atoms with Gasteiger partial charge in [0.15, 0.2) is 5.82 Å². The van der Waals surface area contributed by atoms with E-state index in [1.807, 2.05) is 72.8 Å². The van der Waals surface area contributed by atoms with E-state index in [4.69, 9.17) is 33.7 Å². The number of aromatic nitrogens is 2. The van der Waals surface area contributed by atoms with Gasteiger partial charge in [-0.3, -0.25) is 9.89 Å². The molecule has 9 heteroatoms. The van der Waals surface area contributed by atoms with Gasteiger partial charge in [0.1, 0.15) is 12.4 Å². The first kappa shape index (κ1) is 26.6. The number of nitrogens with one attached hydrogen (secondary N) is 3. The van der Waals surface area contributed by atoms with Crippen molar-refractivity contribution in [2.24, 2.45) is 5.73 Å². The Bertz CT molecular complexity index is 1590. The van der Waals surface area contributed by atoms with Crippen LogP contribution in [0.3, 0.4) is 0 Å². The summed E-state index contributed by atoms with van der Waals surface area (Å²) in [6.07, 6.45) is 0.466. The maximum Gasteiger partial charge on any atom is 0.231 e. The smallest absolute Gasteiger partial charge is 0.231 e. The Balaban J connectivity index is 1.31. The van der Waals surface area contributed by atoms with E-state index in [0.29, 0.717) is 41.1 Å². The number of nitrogens with two attached hydrogens (primary N) is 1. The molecule has 1 amide bonds. The van der Waals surface area contributed by atoms with E-state index in [9.17, 15) is 4.79 Å². The van der Waals surface area contributed by atoms with E-state index in [-0.39, 0.29) is 5.91 Å². The SMILES string of the molecule is NCCC(C(=O)Nc1ccc2[nH]nc(Nc3cccc(OCc4ccccc4)c3)c2c1)c1ccc(Cl)c(Cl)c1. The van der Waals surface area contributed by atoms with Gasteiger partial charge < -0.3 is 21.1 Å². The summed E-state index contributed by atoms with van der Waals surface area (Å²) in [6.45, 7) is 0.827. The minimum absolute atomic E-state index is 0.181. The lowest BCUT2D eigenvalue weighted by Gasteiger charge is -2.17. The molecule has 1 unspecified atom stereocenters. The fourth-order valence-electron chi connectivity index (χ4n) is 4.30. The lowest BCUT2D eigenvalue weighted by molar-refractivity contribution is -0.117. The van der Waals surface area contributed by atoms with Crippen molar-refractivity contribution in [1.29, 1.82) is 0 Å². The monoisotopic (exact) mass is 559 g/mol. The molecule has 0 spiro atoms. The van der Waals surface area contributed by atoms with Gasteiger partial charge in [-0.05, 0) is 66.6 Å². The number of amides is 1. The molecule has 1 heterocycles. The van der Waals surface area contributed by atoms with Crippen molar-refractivity contribution in [1.82, 2.24) is 10.2 Å². The van der Waals surface area contributed by atoms with E-state index >= 15 is 0 Å². The molecule has 0 aliphatic heterocycles. The molecule has 7 nitrogen and oxygen atoms in total. The molecule has 0 aliphatic carbocycles. The Morgan fingerprint density at radius 1 is 0.923 bits per heavy atom. The van der Waals surface area contributed by atoms with E-state index in [2.05, 4.69) is 20.8 Å². The topological polar surface area (TPSA) is 105 Å². The largest absolute Gasteiger partial charge is 0.489 e. The second-order valence-electron chi connectivity index (χ2n) is 9.05. The molecule has 5 rings (SSSR count). The Kier molecular flexibility index (Phi) is 8.32. The highest BCUT2D eigenvalue weighted by Gasteiger charge is 2.21. The van der Waals surface area contributed by atoms with Crippen molar-refractivity contribution in [3.05, 3.63) is 112 Å². The third-order valence-corrected chi connectivity index (χ3v) is 7.03. The van der Waals surface area contributed by atoms with Gasteiger partial charge in [0, 0.05) is 22.8 Å². The number of anilines is 3. The summed E-state index contributed by atoms with van der Waals surface area (Å²) in [5.74, 6) is 0.717. The number of ether oxygens (including phenoxy) is 1. The second-order valence-corrected chi connectivity index (χ2v) is 9.87. The van der Waals surface area contributed by atoms with Crippen molar-refractivity contribution in [3.8, 4) is 5.75 Å². The van der Waals surface area contributed by atoms with Crippen LogP contribution in [0.2, 0.25) is 10.0 Å². The van der Waals surface area contributed by atoms with Crippen molar-refractivity contribution < 1.29 is 9.53 Å².